The van der Waals surface area contributed by atoms with Crippen LogP contribution < -0.4 is 10.0 Å². The van der Waals surface area contributed by atoms with Gasteiger partial charge in [-0.3, -0.25) is 14.4 Å². The maximum absolute atomic E-state index is 14.4. The number of pyridine rings is 1. The zero-order chi connectivity index (χ0) is 36.4. The molecule has 13 heteroatoms. The summed E-state index contributed by atoms with van der Waals surface area (Å²) in [6.45, 7) is 10.8. The third kappa shape index (κ3) is 11.2. The second-order valence-electron chi connectivity index (χ2n) is 13.5. The molecule has 3 rings (SSSR count). The third-order valence-electron chi connectivity index (χ3n) is 8.46. The number of hydrogen-bond donors (Lipinski definition) is 1. The molecule has 1 aliphatic heterocycles. The second-order valence-corrected chi connectivity index (χ2v) is 13.9. The fourth-order valence-electron chi connectivity index (χ4n) is 6.10. The Morgan fingerprint density at radius 2 is 1.88 bits per heavy atom. The standard InChI is InChI=1S/C36H49ClN4O8/c1-8-19-48-34(45)38-30(23-47-7)33(44)39(6)36(22-26-13-15-28(37)16-14-26)17-10-18-40(24-36)32(43)27(21-31(42)49-35(3,4)5)20-29-12-9-11-25(2)41(29)46/h8-9,11-16,27,30H,1,10,17-24H2,2-7H3,(H,38,45)/t27?,30?,36-/m1/s1. The SMILES string of the molecule is C=CCOC(=O)NC(COC)C(=O)N(C)[C@@]1(Cc2ccc(Cl)cc2)CCCN(C(=O)C(CC(=O)OC(C)(C)C)Cc2cccc(C)[n+]2[O-])C1. The van der Waals surface area contributed by atoms with Crippen LogP contribution in [0.25, 0.3) is 0 Å². The number of ether oxygens (including phenoxy) is 3. The summed E-state index contributed by atoms with van der Waals surface area (Å²) in [5.41, 5.74) is 0.0243. The first-order valence-corrected chi connectivity index (χ1v) is 16.7. The highest BCUT2D eigenvalue weighted by Gasteiger charge is 2.45. The van der Waals surface area contributed by atoms with E-state index in [9.17, 15) is 24.4 Å². The number of esters is 1. The Bertz CT molecular complexity index is 1480. The number of aromatic nitrogens is 1. The fourth-order valence-corrected chi connectivity index (χ4v) is 6.23. The summed E-state index contributed by atoms with van der Waals surface area (Å²) in [4.78, 5) is 57.3. The second kappa shape index (κ2) is 17.5. The molecule has 268 valence electrons. The van der Waals surface area contributed by atoms with Crippen molar-refractivity contribution in [3.63, 3.8) is 0 Å². The molecule has 1 aliphatic rings. The summed E-state index contributed by atoms with van der Waals surface area (Å²) in [7, 11) is 3.07. The molecular formula is C36H49ClN4O8. The Morgan fingerprint density at radius 1 is 1.18 bits per heavy atom. The number of benzene rings is 1. The molecule has 2 aromatic rings. The zero-order valence-electron chi connectivity index (χ0n) is 29.3. The van der Waals surface area contributed by atoms with Gasteiger partial charge in [0.1, 0.15) is 18.2 Å². The smallest absolute Gasteiger partial charge is 0.408 e. The molecule has 1 aromatic carbocycles. The topological polar surface area (TPSA) is 141 Å². The lowest BCUT2D eigenvalue weighted by Gasteiger charge is -2.49. The van der Waals surface area contributed by atoms with Gasteiger partial charge in [-0.05, 0) is 63.8 Å². The van der Waals surface area contributed by atoms with Crippen LogP contribution in [0.1, 0.15) is 57.0 Å². The Hall–Kier alpha value is -4.16. The maximum Gasteiger partial charge on any atom is 0.408 e. The number of nitrogens with one attached hydrogen (secondary N) is 1. The number of carbonyl (C=O) groups is 4. The third-order valence-corrected chi connectivity index (χ3v) is 8.71. The van der Waals surface area contributed by atoms with Gasteiger partial charge in [0.15, 0.2) is 11.4 Å². The van der Waals surface area contributed by atoms with E-state index in [2.05, 4.69) is 11.9 Å². The van der Waals surface area contributed by atoms with Gasteiger partial charge < -0.3 is 34.5 Å². The van der Waals surface area contributed by atoms with E-state index in [-0.39, 0.29) is 38.5 Å². The van der Waals surface area contributed by atoms with Crippen molar-refractivity contribution in [2.45, 2.75) is 77.0 Å². The van der Waals surface area contributed by atoms with E-state index in [4.69, 9.17) is 25.8 Å². The van der Waals surface area contributed by atoms with E-state index < -0.39 is 41.1 Å². The number of nitrogens with zero attached hydrogens (tertiary/aromatic N) is 3. The van der Waals surface area contributed by atoms with E-state index in [1.54, 1.807) is 74.9 Å². The molecule has 12 nitrogen and oxygen atoms in total. The number of methoxy groups -OCH3 is 1. The molecule has 3 atom stereocenters. The number of aryl methyl sites for hydroxylation is 1. The summed E-state index contributed by atoms with van der Waals surface area (Å²) in [6.07, 6.45) is 1.86. The van der Waals surface area contributed by atoms with Crippen LogP contribution in [-0.2, 0) is 41.4 Å². The summed E-state index contributed by atoms with van der Waals surface area (Å²) in [5.74, 6) is -2.21. The van der Waals surface area contributed by atoms with E-state index in [1.165, 1.54) is 13.2 Å². The maximum atomic E-state index is 14.4. The average Bonchev–Trinajstić information content (AvgIpc) is 3.04. The largest absolute Gasteiger partial charge is 0.618 e. The van der Waals surface area contributed by atoms with Gasteiger partial charge in [0, 0.05) is 57.7 Å². The summed E-state index contributed by atoms with van der Waals surface area (Å²) in [5, 5.41) is 16.1. The van der Waals surface area contributed by atoms with Gasteiger partial charge in [0.05, 0.1) is 24.5 Å². The predicted octanol–water partition coefficient (Wildman–Crippen LogP) is 4.16. The predicted molar refractivity (Wildman–Crippen MR) is 185 cm³/mol. The number of likely N-dealkylation sites (N-methyl/N-ethyl adjacent to an activating group) is 1. The number of amides is 3. The summed E-state index contributed by atoms with van der Waals surface area (Å²) < 4.78 is 16.7. The highest BCUT2D eigenvalue weighted by molar-refractivity contribution is 6.30. The minimum Gasteiger partial charge on any atom is -0.618 e. The normalized spacial score (nSPS) is 17.4. The summed E-state index contributed by atoms with van der Waals surface area (Å²) in [6, 6.07) is 11.3. The lowest BCUT2D eigenvalue weighted by molar-refractivity contribution is -0.621. The molecule has 1 fully saturated rings. The van der Waals surface area contributed by atoms with E-state index >= 15 is 0 Å². The molecule has 3 amide bonds. The molecule has 1 aromatic heterocycles. The van der Waals surface area contributed by atoms with E-state index in [1.807, 2.05) is 12.1 Å². The Labute approximate surface area is 293 Å². The summed E-state index contributed by atoms with van der Waals surface area (Å²) >= 11 is 6.18. The van der Waals surface area contributed by atoms with Gasteiger partial charge in [0.2, 0.25) is 11.8 Å². The first-order valence-electron chi connectivity index (χ1n) is 16.3. The number of alkyl carbamates (subject to hydrolysis) is 1. The van der Waals surface area contributed by atoms with Crippen molar-refractivity contribution in [2.24, 2.45) is 5.92 Å². The van der Waals surface area contributed by atoms with Gasteiger partial charge in [-0.15, -0.1) is 0 Å². The lowest BCUT2D eigenvalue weighted by Crippen LogP contribution is -2.65. The Balaban J connectivity index is 2.00. The Kier molecular flexibility index (Phi) is 14.0. The Morgan fingerprint density at radius 3 is 2.51 bits per heavy atom. The van der Waals surface area contributed by atoms with Gasteiger partial charge in [-0.25, -0.2) is 4.79 Å². The number of piperidine rings is 1. The average molecular weight is 701 g/mol. The molecule has 0 radical (unpaired) electrons. The number of hydrogen-bond acceptors (Lipinski definition) is 8. The van der Waals surface area contributed by atoms with Gasteiger partial charge in [0.25, 0.3) is 0 Å². The van der Waals surface area contributed by atoms with Crippen LogP contribution in [0.3, 0.4) is 0 Å². The van der Waals surface area contributed by atoms with Crippen LogP contribution in [-0.4, -0.2) is 91.3 Å². The zero-order valence-corrected chi connectivity index (χ0v) is 30.1. The first-order chi connectivity index (χ1) is 23.1. The molecule has 49 heavy (non-hydrogen) atoms. The highest BCUT2D eigenvalue weighted by Crippen LogP contribution is 2.33. The van der Waals surface area contributed by atoms with Gasteiger partial charge in [-0.2, -0.15) is 4.73 Å². The fraction of sp³-hybridized carbons (Fsp3) is 0.528. The molecule has 2 heterocycles. The van der Waals surface area contributed by atoms with Crippen LogP contribution in [0.5, 0.6) is 0 Å². The van der Waals surface area contributed by atoms with Crippen molar-refractivity contribution in [1.82, 2.24) is 15.1 Å². The minimum atomic E-state index is -1.07. The van der Waals surface area contributed by atoms with Crippen LogP contribution in [0.15, 0.2) is 55.1 Å². The number of halogens is 1. The van der Waals surface area contributed by atoms with Gasteiger partial charge >= 0.3 is 12.1 Å². The monoisotopic (exact) mass is 700 g/mol. The van der Waals surface area contributed by atoms with E-state index in [0.717, 1.165) is 10.3 Å². The van der Waals surface area contributed by atoms with Crippen LogP contribution in [0, 0.1) is 18.0 Å². The number of rotatable bonds is 14. The quantitative estimate of drug-likeness (QED) is 0.134. The van der Waals surface area contributed by atoms with Crippen molar-refractivity contribution in [2.75, 3.05) is 40.5 Å². The number of carbonyl (C=O) groups excluding carboxylic acids is 4. The molecule has 2 unspecified atom stereocenters. The lowest BCUT2D eigenvalue weighted by atomic mass is 9.80. The van der Waals surface area contributed by atoms with Crippen LogP contribution in [0.2, 0.25) is 5.02 Å². The molecule has 0 aliphatic carbocycles. The van der Waals surface area contributed by atoms with Crippen molar-refractivity contribution in [3.05, 3.63) is 82.3 Å². The minimum absolute atomic E-state index is 0.0192. The van der Waals surface area contributed by atoms with Crippen LogP contribution >= 0.6 is 11.6 Å². The van der Waals surface area contributed by atoms with Crippen molar-refractivity contribution < 1.29 is 38.1 Å². The molecule has 1 N–H and O–H groups in total. The first kappa shape index (κ1) is 39.3. The molecule has 0 saturated carbocycles. The molecule has 0 bridgehead atoms. The molecule has 1 saturated heterocycles. The van der Waals surface area contributed by atoms with E-state index in [0.29, 0.717) is 42.2 Å². The van der Waals surface area contributed by atoms with Gasteiger partial charge in [-0.1, -0.05) is 36.4 Å². The van der Waals surface area contributed by atoms with Crippen molar-refractivity contribution in [1.29, 1.82) is 0 Å². The molecular weight excluding hydrogens is 652 g/mol. The highest BCUT2D eigenvalue weighted by atomic mass is 35.5. The van der Waals surface area contributed by atoms with Crippen molar-refractivity contribution in [3.8, 4) is 0 Å². The molecule has 0 spiro atoms. The number of likely N-dealkylation sites (tertiary alicyclic amines) is 1. The van der Waals surface area contributed by atoms with Crippen LogP contribution in [0.4, 0.5) is 4.79 Å². The van der Waals surface area contributed by atoms with Crippen molar-refractivity contribution >= 4 is 35.5 Å².